The summed E-state index contributed by atoms with van der Waals surface area (Å²) in [6, 6.07) is 16.4. The normalized spacial score (nSPS) is 14.3. The SMILES string of the molecule is Cc1nnc(CNC(=NCc2ccccc2)N2CCN(c3ccccn3)CC2)n1C.I. The second kappa shape index (κ2) is 11.1. The Balaban J connectivity index is 0.00000272. The van der Waals surface area contributed by atoms with Crippen molar-refractivity contribution in [2.75, 3.05) is 31.1 Å². The zero-order valence-electron chi connectivity index (χ0n) is 18.0. The number of nitrogens with one attached hydrogen (secondary N) is 1. The Morgan fingerprint density at radius 1 is 1.00 bits per heavy atom. The third-order valence-electron chi connectivity index (χ3n) is 5.39. The highest BCUT2D eigenvalue weighted by Gasteiger charge is 2.21. The van der Waals surface area contributed by atoms with Gasteiger partial charge in [0, 0.05) is 39.4 Å². The molecule has 0 bridgehead atoms. The molecule has 8 nitrogen and oxygen atoms in total. The average Bonchev–Trinajstić information content (AvgIpc) is 3.13. The molecule has 4 rings (SSSR count). The van der Waals surface area contributed by atoms with Gasteiger partial charge in [0.2, 0.25) is 0 Å². The summed E-state index contributed by atoms with van der Waals surface area (Å²) in [4.78, 5) is 14.0. The van der Waals surface area contributed by atoms with E-state index in [-0.39, 0.29) is 24.0 Å². The molecule has 31 heavy (non-hydrogen) atoms. The minimum Gasteiger partial charge on any atom is -0.353 e. The second-order valence-electron chi connectivity index (χ2n) is 7.36. The topological polar surface area (TPSA) is 74.5 Å². The first kappa shape index (κ1) is 23.0. The number of anilines is 1. The number of hydrogen-bond acceptors (Lipinski definition) is 5. The molecule has 0 unspecified atom stereocenters. The maximum Gasteiger partial charge on any atom is 0.194 e. The maximum absolute atomic E-state index is 4.91. The smallest absolute Gasteiger partial charge is 0.194 e. The van der Waals surface area contributed by atoms with Crippen molar-refractivity contribution < 1.29 is 0 Å². The van der Waals surface area contributed by atoms with Crippen LogP contribution < -0.4 is 10.2 Å². The van der Waals surface area contributed by atoms with Gasteiger partial charge in [-0.05, 0) is 24.6 Å². The Hall–Kier alpha value is -2.69. The van der Waals surface area contributed by atoms with Crippen molar-refractivity contribution in [1.29, 1.82) is 0 Å². The fourth-order valence-corrected chi connectivity index (χ4v) is 3.47. The van der Waals surface area contributed by atoms with Crippen LogP contribution in [0.4, 0.5) is 5.82 Å². The highest BCUT2D eigenvalue weighted by Crippen LogP contribution is 2.13. The summed E-state index contributed by atoms with van der Waals surface area (Å²) in [5.74, 6) is 3.73. The summed E-state index contributed by atoms with van der Waals surface area (Å²) < 4.78 is 2.00. The van der Waals surface area contributed by atoms with Crippen LogP contribution in [0.2, 0.25) is 0 Å². The van der Waals surface area contributed by atoms with Gasteiger partial charge in [0.15, 0.2) is 11.8 Å². The van der Waals surface area contributed by atoms with E-state index in [0.29, 0.717) is 13.1 Å². The number of aryl methyl sites for hydroxylation is 1. The van der Waals surface area contributed by atoms with Crippen LogP contribution in [-0.2, 0) is 20.1 Å². The number of guanidine groups is 1. The molecule has 3 heterocycles. The van der Waals surface area contributed by atoms with Crippen LogP contribution in [0.5, 0.6) is 0 Å². The molecule has 1 fully saturated rings. The van der Waals surface area contributed by atoms with Crippen molar-refractivity contribution >= 4 is 35.8 Å². The van der Waals surface area contributed by atoms with Crippen LogP contribution in [0.3, 0.4) is 0 Å². The van der Waals surface area contributed by atoms with Crippen LogP contribution >= 0.6 is 24.0 Å². The lowest BCUT2D eigenvalue weighted by Gasteiger charge is -2.37. The van der Waals surface area contributed by atoms with Crippen molar-refractivity contribution in [2.45, 2.75) is 20.0 Å². The molecule has 0 aliphatic carbocycles. The largest absolute Gasteiger partial charge is 0.353 e. The van der Waals surface area contributed by atoms with Crippen molar-refractivity contribution in [3.8, 4) is 0 Å². The second-order valence-corrected chi connectivity index (χ2v) is 7.36. The number of piperazine rings is 1. The van der Waals surface area contributed by atoms with Crippen LogP contribution in [0.15, 0.2) is 59.7 Å². The third kappa shape index (κ3) is 5.93. The van der Waals surface area contributed by atoms with Crippen molar-refractivity contribution in [3.05, 3.63) is 71.9 Å². The number of rotatable bonds is 5. The molecule has 0 radical (unpaired) electrons. The average molecular weight is 532 g/mol. The molecule has 1 saturated heterocycles. The van der Waals surface area contributed by atoms with E-state index in [9.17, 15) is 0 Å². The maximum atomic E-state index is 4.91. The number of pyridine rings is 1. The Morgan fingerprint density at radius 3 is 2.39 bits per heavy atom. The first-order chi connectivity index (χ1) is 14.7. The fraction of sp³-hybridized carbons (Fsp3) is 0.364. The third-order valence-corrected chi connectivity index (χ3v) is 5.39. The quantitative estimate of drug-likeness (QED) is 0.310. The van der Waals surface area contributed by atoms with Gasteiger partial charge in [-0.15, -0.1) is 34.2 Å². The summed E-state index contributed by atoms with van der Waals surface area (Å²) in [5, 5.41) is 11.9. The van der Waals surface area contributed by atoms with Crippen molar-refractivity contribution in [1.82, 2.24) is 30.0 Å². The van der Waals surface area contributed by atoms with E-state index >= 15 is 0 Å². The van der Waals surface area contributed by atoms with E-state index in [0.717, 1.165) is 49.6 Å². The van der Waals surface area contributed by atoms with Gasteiger partial charge in [-0.3, -0.25) is 0 Å². The zero-order chi connectivity index (χ0) is 20.8. The van der Waals surface area contributed by atoms with Crippen molar-refractivity contribution in [2.24, 2.45) is 12.0 Å². The summed E-state index contributed by atoms with van der Waals surface area (Å²) in [6.45, 7) is 6.77. The van der Waals surface area contributed by atoms with Gasteiger partial charge in [0.25, 0.3) is 0 Å². The molecule has 0 amide bonds. The van der Waals surface area contributed by atoms with E-state index in [1.807, 2.05) is 55.1 Å². The Bertz CT molecular complexity index is 966. The minimum absolute atomic E-state index is 0. The molecule has 1 aliphatic rings. The first-order valence-corrected chi connectivity index (χ1v) is 10.3. The van der Waals surface area contributed by atoms with Crippen LogP contribution in [0.1, 0.15) is 17.2 Å². The zero-order valence-corrected chi connectivity index (χ0v) is 20.3. The molecule has 0 saturated carbocycles. The molecule has 164 valence electrons. The number of benzene rings is 1. The van der Waals surface area contributed by atoms with Crippen molar-refractivity contribution in [3.63, 3.8) is 0 Å². The Labute approximate surface area is 200 Å². The standard InChI is InChI=1S/C22H28N8.HI/c1-18-26-27-21(28(18)2)17-25-22(24-16-19-8-4-3-5-9-19)30-14-12-29(13-15-30)20-10-6-7-11-23-20;/h3-11H,12-17H2,1-2H3,(H,24,25);1H. The van der Waals surface area contributed by atoms with E-state index in [2.05, 4.69) is 48.5 Å². The molecule has 2 aromatic heterocycles. The van der Waals surface area contributed by atoms with E-state index in [1.54, 1.807) is 0 Å². The predicted molar refractivity (Wildman–Crippen MR) is 134 cm³/mol. The lowest BCUT2D eigenvalue weighted by atomic mass is 10.2. The lowest BCUT2D eigenvalue weighted by molar-refractivity contribution is 0.369. The summed E-state index contributed by atoms with van der Waals surface area (Å²) in [7, 11) is 1.98. The predicted octanol–water partition coefficient (Wildman–Crippen LogP) is 2.60. The lowest BCUT2D eigenvalue weighted by Crippen LogP contribution is -2.52. The highest BCUT2D eigenvalue weighted by molar-refractivity contribution is 14.0. The van der Waals surface area contributed by atoms with Gasteiger partial charge in [0.1, 0.15) is 11.6 Å². The molecule has 3 aromatic rings. The molecule has 1 aliphatic heterocycles. The molecule has 1 N–H and O–H groups in total. The first-order valence-electron chi connectivity index (χ1n) is 10.3. The molecular formula is C22H29IN8. The number of aromatic nitrogens is 4. The van der Waals surface area contributed by atoms with E-state index < -0.39 is 0 Å². The molecule has 0 atom stereocenters. The molecule has 1 aromatic carbocycles. The minimum atomic E-state index is 0. The summed E-state index contributed by atoms with van der Waals surface area (Å²) in [5.41, 5.74) is 1.19. The van der Waals surface area contributed by atoms with Gasteiger partial charge < -0.3 is 19.7 Å². The summed E-state index contributed by atoms with van der Waals surface area (Å²) >= 11 is 0. The number of halogens is 1. The molecule has 9 heteroatoms. The Morgan fingerprint density at radius 2 is 1.74 bits per heavy atom. The van der Waals surface area contributed by atoms with Crippen LogP contribution in [0, 0.1) is 6.92 Å². The van der Waals surface area contributed by atoms with Gasteiger partial charge >= 0.3 is 0 Å². The highest BCUT2D eigenvalue weighted by atomic mass is 127. The molecular weight excluding hydrogens is 503 g/mol. The van der Waals surface area contributed by atoms with Crippen LogP contribution in [0.25, 0.3) is 0 Å². The number of nitrogens with zero attached hydrogens (tertiary/aromatic N) is 7. The van der Waals surface area contributed by atoms with Gasteiger partial charge in [-0.25, -0.2) is 9.98 Å². The van der Waals surface area contributed by atoms with E-state index in [1.165, 1.54) is 5.56 Å². The number of hydrogen-bond donors (Lipinski definition) is 1. The fourth-order valence-electron chi connectivity index (χ4n) is 3.47. The van der Waals surface area contributed by atoms with Crippen LogP contribution in [-0.4, -0.2) is 56.8 Å². The summed E-state index contributed by atoms with van der Waals surface area (Å²) in [6.07, 6.45) is 1.85. The van der Waals surface area contributed by atoms with Gasteiger partial charge in [-0.1, -0.05) is 36.4 Å². The monoisotopic (exact) mass is 532 g/mol. The molecule has 0 spiro atoms. The number of aliphatic imine (C=N–C) groups is 1. The van der Waals surface area contributed by atoms with Gasteiger partial charge in [0.05, 0.1) is 13.1 Å². The van der Waals surface area contributed by atoms with Gasteiger partial charge in [-0.2, -0.15) is 0 Å². The Kier molecular flexibility index (Phi) is 8.21. The van der Waals surface area contributed by atoms with E-state index in [4.69, 9.17) is 4.99 Å².